The number of carboxylic acid groups (broad SMARTS) is 1. The average molecular weight is 265 g/mol. The number of carbonyl (C=O) groups excluding carboxylic acids is 2. The molecule has 0 radical (unpaired) electrons. The standard InChI is InChI=1S/C12H15N3O4/c1-6-2-3-8(13)7(4-6)11(17)15-9(12(18)19)5-10(14)16/h2-4,9H,5,13H2,1H3,(H2,14,16)(H,15,17)(H,18,19)/t9-/m1/s1. The quantitative estimate of drug-likeness (QED) is 0.539. The van der Waals surface area contributed by atoms with E-state index < -0.39 is 30.2 Å². The van der Waals surface area contributed by atoms with E-state index in [4.69, 9.17) is 16.6 Å². The molecule has 2 amide bonds. The van der Waals surface area contributed by atoms with E-state index in [1.54, 1.807) is 19.1 Å². The van der Waals surface area contributed by atoms with Crippen LogP contribution in [0.25, 0.3) is 0 Å². The van der Waals surface area contributed by atoms with Crippen molar-refractivity contribution in [2.45, 2.75) is 19.4 Å². The van der Waals surface area contributed by atoms with Gasteiger partial charge in [0.1, 0.15) is 6.04 Å². The van der Waals surface area contributed by atoms with E-state index in [2.05, 4.69) is 5.32 Å². The number of aliphatic carboxylic acids is 1. The molecule has 0 aromatic heterocycles. The van der Waals surface area contributed by atoms with Crippen molar-refractivity contribution in [1.82, 2.24) is 5.32 Å². The molecule has 0 aliphatic carbocycles. The van der Waals surface area contributed by atoms with E-state index in [1.165, 1.54) is 6.07 Å². The Morgan fingerprint density at radius 1 is 1.37 bits per heavy atom. The number of primary amides is 1. The SMILES string of the molecule is Cc1ccc(N)c(C(=O)N[C@H](CC(N)=O)C(=O)O)c1. The first-order valence-electron chi connectivity index (χ1n) is 5.49. The minimum Gasteiger partial charge on any atom is -0.480 e. The van der Waals surface area contributed by atoms with Crippen molar-refractivity contribution in [2.24, 2.45) is 5.73 Å². The zero-order chi connectivity index (χ0) is 14.6. The van der Waals surface area contributed by atoms with Crippen molar-refractivity contribution < 1.29 is 19.5 Å². The largest absolute Gasteiger partial charge is 0.480 e. The maximum atomic E-state index is 11.9. The second-order valence-electron chi connectivity index (χ2n) is 4.13. The number of nitrogen functional groups attached to an aromatic ring is 1. The smallest absolute Gasteiger partial charge is 0.326 e. The molecule has 0 spiro atoms. The molecule has 1 aromatic carbocycles. The third-order valence-corrected chi connectivity index (χ3v) is 2.46. The van der Waals surface area contributed by atoms with Crippen LogP contribution in [0, 0.1) is 6.92 Å². The lowest BCUT2D eigenvalue weighted by molar-refractivity contribution is -0.140. The van der Waals surface area contributed by atoms with Crippen molar-refractivity contribution >= 4 is 23.5 Å². The van der Waals surface area contributed by atoms with Crippen LogP contribution in [0.1, 0.15) is 22.3 Å². The summed E-state index contributed by atoms with van der Waals surface area (Å²) >= 11 is 0. The maximum absolute atomic E-state index is 11.9. The van der Waals surface area contributed by atoms with Crippen molar-refractivity contribution in [3.05, 3.63) is 29.3 Å². The van der Waals surface area contributed by atoms with Crippen molar-refractivity contribution in [1.29, 1.82) is 0 Å². The first kappa shape index (κ1) is 14.5. The number of anilines is 1. The fourth-order valence-corrected chi connectivity index (χ4v) is 1.50. The summed E-state index contributed by atoms with van der Waals surface area (Å²) in [6.45, 7) is 1.77. The Morgan fingerprint density at radius 2 is 2.00 bits per heavy atom. The molecule has 1 aromatic rings. The molecular weight excluding hydrogens is 250 g/mol. The molecular formula is C12H15N3O4. The van der Waals surface area contributed by atoms with Gasteiger partial charge in [-0.3, -0.25) is 9.59 Å². The van der Waals surface area contributed by atoms with E-state index in [-0.39, 0.29) is 11.3 Å². The van der Waals surface area contributed by atoms with Gasteiger partial charge >= 0.3 is 5.97 Å². The number of nitrogens with one attached hydrogen (secondary N) is 1. The number of carbonyl (C=O) groups is 3. The van der Waals surface area contributed by atoms with Gasteiger partial charge in [0.05, 0.1) is 12.0 Å². The summed E-state index contributed by atoms with van der Waals surface area (Å²) in [6.07, 6.45) is -0.479. The fraction of sp³-hybridized carbons (Fsp3) is 0.250. The van der Waals surface area contributed by atoms with Crippen LogP contribution in [0.15, 0.2) is 18.2 Å². The minimum atomic E-state index is -1.37. The Kier molecular flexibility index (Phi) is 4.46. The molecule has 0 saturated carbocycles. The number of aryl methyl sites for hydroxylation is 1. The number of benzene rings is 1. The molecule has 0 saturated heterocycles. The molecule has 19 heavy (non-hydrogen) atoms. The van der Waals surface area contributed by atoms with Gasteiger partial charge in [0.2, 0.25) is 5.91 Å². The van der Waals surface area contributed by atoms with Crippen LogP contribution >= 0.6 is 0 Å². The molecule has 0 heterocycles. The van der Waals surface area contributed by atoms with Crippen LogP contribution < -0.4 is 16.8 Å². The number of amides is 2. The number of hydrogen-bond acceptors (Lipinski definition) is 4. The van der Waals surface area contributed by atoms with Gasteiger partial charge in [0, 0.05) is 5.69 Å². The normalized spacial score (nSPS) is 11.6. The van der Waals surface area contributed by atoms with Gasteiger partial charge in [0.15, 0.2) is 0 Å². The molecule has 0 unspecified atom stereocenters. The summed E-state index contributed by atoms with van der Waals surface area (Å²) in [5.41, 5.74) is 11.8. The second kappa shape index (κ2) is 5.85. The summed E-state index contributed by atoms with van der Waals surface area (Å²) in [6, 6.07) is 3.44. The fourth-order valence-electron chi connectivity index (χ4n) is 1.50. The van der Waals surface area contributed by atoms with E-state index in [1.807, 2.05) is 0 Å². The molecule has 0 aliphatic heterocycles. The molecule has 0 fully saturated rings. The lowest BCUT2D eigenvalue weighted by atomic mass is 10.1. The molecule has 1 atom stereocenters. The Labute approximate surface area is 109 Å². The van der Waals surface area contributed by atoms with Crippen molar-refractivity contribution in [2.75, 3.05) is 5.73 Å². The lowest BCUT2D eigenvalue weighted by Crippen LogP contribution is -2.43. The molecule has 102 valence electrons. The van der Waals surface area contributed by atoms with Crippen LogP contribution in [0.4, 0.5) is 5.69 Å². The van der Waals surface area contributed by atoms with Gasteiger partial charge in [-0.25, -0.2) is 4.79 Å². The van der Waals surface area contributed by atoms with E-state index in [0.717, 1.165) is 5.56 Å². The highest BCUT2D eigenvalue weighted by Crippen LogP contribution is 2.13. The molecule has 7 nitrogen and oxygen atoms in total. The summed E-state index contributed by atoms with van der Waals surface area (Å²) in [7, 11) is 0. The Hall–Kier alpha value is -2.57. The zero-order valence-corrected chi connectivity index (χ0v) is 10.3. The van der Waals surface area contributed by atoms with Crippen LogP contribution in [-0.4, -0.2) is 28.9 Å². The number of rotatable bonds is 5. The summed E-state index contributed by atoms with van der Waals surface area (Å²) in [4.78, 5) is 33.5. The highest BCUT2D eigenvalue weighted by Gasteiger charge is 2.23. The van der Waals surface area contributed by atoms with Gasteiger partial charge < -0.3 is 21.9 Å². The maximum Gasteiger partial charge on any atom is 0.326 e. The van der Waals surface area contributed by atoms with Gasteiger partial charge in [-0.05, 0) is 19.1 Å². The first-order chi connectivity index (χ1) is 8.81. The highest BCUT2D eigenvalue weighted by atomic mass is 16.4. The number of carboxylic acids is 1. The van der Waals surface area contributed by atoms with Crippen LogP contribution in [0.3, 0.4) is 0 Å². The third-order valence-electron chi connectivity index (χ3n) is 2.46. The second-order valence-corrected chi connectivity index (χ2v) is 4.13. The monoisotopic (exact) mass is 265 g/mol. The number of nitrogens with two attached hydrogens (primary N) is 2. The van der Waals surface area contributed by atoms with Gasteiger partial charge in [-0.1, -0.05) is 11.6 Å². The molecule has 0 aliphatic rings. The van der Waals surface area contributed by atoms with Gasteiger partial charge in [-0.15, -0.1) is 0 Å². The Balaban J connectivity index is 2.90. The minimum absolute atomic E-state index is 0.163. The van der Waals surface area contributed by atoms with E-state index in [9.17, 15) is 14.4 Å². The molecule has 6 N–H and O–H groups in total. The predicted octanol–water partition coefficient (Wildman–Crippen LogP) is -0.364. The molecule has 7 heteroatoms. The van der Waals surface area contributed by atoms with Gasteiger partial charge in [-0.2, -0.15) is 0 Å². The van der Waals surface area contributed by atoms with Crippen LogP contribution in [-0.2, 0) is 9.59 Å². The third kappa shape index (κ3) is 3.98. The lowest BCUT2D eigenvalue weighted by Gasteiger charge is -2.14. The predicted molar refractivity (Wildman–Crippen MR) is 68.3 cm³/mol. The first-order valence-corrected chi connectivity index (χ1v) is 5.49. The van der Waals surface area contributed by atoms with Crippen molar-refractivity contribution in [3.63, 3.8) is 0 Å². The Bertz CT molecular complexity index is 528. The topological polar surface area (TPSA) is 136 Å². The van der Waals surface area contributed by atoms with E-state index in [0.29, 0.717) is 0 Å². The zero-order valence-electron chi connectivity index (χ0n) is 10.3. The average Bonchev–Trinajstić information content (AvgIpc) is 2.30. The molecule has 0 bridgehead atoms. The summed E-state index contributed by atoms with van der Waals surface area (Å²) in [5, 5.41) is 11.1. The molecule has 1 rings (SSSR count). The summed E-state index contributed by atoms with van der Waals surface area (Å²) in [5.74, 6) is -2.81. The highest BCUT2D eigenvalue weighted by molar-refractivity contribution is 6.01. The Morgan fingerprint density at radius 3 is 2.53 bits per heavy atom. The van der Waals surface area contributed by atoms with E-state index >= 15 is 0 Å². The number of hydrogen-bond donors (Lipinski definition) is 4. The van der Waals surface area contributed by atoms with Crippen molar-refractivity contribution in [3.8, 4) is 0 Å². The van der Waals surface area contributed by atoms with Crippen LogP contribution in [0.5, 0.6) is 0 Å². The van der Waals surface area contributed by atoms with Gasteiger partial charge in [0.25, 0.3) is 5.91 Å². The van der Waals surface area contributed by atoms with Crippen LogP contribution in [0.2, 0.25) is 0 Å². The summed E-state index contributed by atoms with van der Waals surface area (Å²) < 4.78 is 0.